The number of nitrogens with one attached hydrogen (secondary N) is 3. The van der Waals surface area contributed by atoms with Crippen molar-refractivity contribution in [2.45, 2.75) is 51.7 Å². The molecule has 27 heavy (non-hydrogen) atoms. The topological polar surface area (TPSA) is 131 Å². The number of sulfonamides is 1. The van der Waals surface area contributed by atoms with Crippen LogP contribution in [0.2, 0.25) is 0 Å². The lowest BCUT2D eigenvalue weighted by Crippen LogP contribution is -2.47. The van der Waals surface area contributed by atoms with Gasteiger partial charge in [-0.1, -0.05) is 12.1 Å². The summed E-state index contributed by atoms with van der Waals surface area (Å²) in [7, 11) is -3.91. The number of rotatable bonds is 7. The number of carbonyl (C=O) groups is 3. The van der Waals surface area contributed by atoms with Gasteiger partial charge < -0.3 is 10.1 Å². The van der Waals surface area contributed by atoms with Crippen LogP contribution in [0.3, 0.4) is 0 Å². The van der Waals surface area contributed by atoms with Crippen LogP contribution < -0.4 is 15.4 Å². The lowest BCUT2D eigenvalue weighted by atomic mass is 10.2. The van der Waals surface area contributed by atoms with Crippen molar-refractivity contribution >= 4 is 27.9 Å². The van der Waals surface area contributed by atoms with Gasteiger partial charge in [-0.05, 0) is 51.8 Å². The van der Waals surface area contributed by atoms with Crippen molar-refractivity contribution in [1.29, 1.82) is 0 Å². The molecule has 1 aromatic carbocycles. The summed E-state index contributed by atoms with van der Waals surface area (Å²) in [6.07, 6.45) is -1.26. The number of imide groups is 1. The molecule has 0 saturated carbocycles. The molecule has 0 aromatic heterocycles. The van der Waals surface area contributed by atoms with Gasteiger partial charge in [-0.2, -0.15) is 4.72 Å². The predicted molar refractivity (Wildman–Crippen MR) is 98.5 cm³/mol. The quantitative estimate of drug-likeness (QED) is 0.580. The lowest BCUT2D eigenvalue weighted by Gasteiger charge is -2.15. The fourth-order valence-electron chi connectivity index (χ4n) is 2.03. The lowest BCUT2D eigenvalue weighted by molar-refractivity contribution is -0.153. The Labute approximate surface area is 158 Å². The average molecular weight is 399 g/mol. The molecule has 0 spiro atoms. The number of amides is 3. The second kappa shape index (κ2) is 9.47. The fraction of sp³-hybridized carbons (Fsp3) is 0.471. The van der Waals surface area contributed by atoms with E-state index in [2.05, 4.69) is 10.0 Å². The minimum absolute atomic E-state index is 0.0615. The molecule has 0 fully saturated rings. The standard InChI is InChI=1S/C17H25N3O6S/c1-10(2)19-17(23)20-16(22)13(5)26-15(21)9-18-27(24,25)14-8-11(3)6-7-12(14)4/h6-8,10,13,18H,9H2,1-5H3,(H2,19,20,22,23)/t13-/m0/s1. The highest BCUT2D eigenvalue weighted by Gasteiger charge is 2.22. The van der Waals surface area contributed by atoms with Crippen LogP contribution in [-0.2, 0) is 24.3 Å². The Kier molecular flexibility index (Phi) is 7.92. The summed E-state index contributed by atoms with van der Waals surface area (Å²) in [5.41, 5.74) is 1.29. The van der Waals surface area contributed by atoms with Gasteiger partial charge in [-0.15, -0.1) is 0 Å². The third kappa shape index (κ3) is 7.35. The van der Waals surface area contributed by atoms with Crippen molar-refractivity contribution < 1.29 is 27.5 Å². The van der Waals surface area contributed by atoms with Gasteiger partial charge in [0, 0.05) is 6.04 Å². The summed E-state index contributed by atoms with van der Waals surface area (Å²) in [6.45, 7) is 7.45. The summed E-state index contributed by atoms with van der Waals surface area (Å²) < 4.78 is 31.6. The highest BCUT2D eigenvalue weighted by molar-refractivity contribution is 7.89. The van der Waals surface area contributed by atoms with E-state index in [1.807, 2.05) is 5.32 Å². The minimum Gasteiger partial charge on any atom is -0.452 e. The van der Waals surface area contributed by atoms with E-state index in [0.29, 0.717) is 5.56 Å². The number of esters is 1. The molecule has 0 aliphatic carbocycles. The van der Waals surface area contributed by atoms with Crippen molar-refractivity contribution in [3.05, 3.63) is 29.3 Å². The highest BCUT2D eigenvalue weighted by atomic mass is 32.2. The zero-order chi connectivity index (χ0) is 20.8. The molecule has 0 saturated heterocycles. The molecule has 0 radical (unpaired) electrons. The Balaban J connectivity index is 2.60. The van der Waals surface area contributed by atoms with E-state index >= 15 is 0 Å². The van der Waals surface area contributed by atoms with Crippen molar-refractivity contribution in [1.82, 2.24) is 15.4 Å². The third-order valence-corrected chi connectivity index (χ3v) is 4.92. The molecule has 10 heteroatoms. The number of hydrogen-bond acceptors (Lipinski definition) is 6. The van der Waals surface area contributed by atoms with Crippen LogP contribution in [0.15, 0.2) is 23.1 Å². The molecule has 1 rings (SSSR count). The van der Waals surface area contributed by atoms with Crippen LogP contribution in [-0.4, -0.2) is 45.0 Å². The molecule has 0 heterocycles. The number of benzene rings is 1. The van der Waals surface area contributed by atoms with Crippen LogP contribution >= 0.6 is 0 Å². The zero-order valence-electron chi connectivity index (χ0n) is 16.0. The summed E-state index contributed by atoms with van der Waals surface area (Å²) >= 11 is 0. The average Bonchev–Trinajstić information content (AvgIpc) is 2.54. The molecule has 1 atom stereocenters. The van der Waals surface area contributed by atoms with Crippen molar-refractivity contribution in [3.8, 4) is 0 Å². The predicted octanol–water partition coefficient (Wildman–Crippen LogP) is 0.748. The first-order valence-corrected chi connectivity index (χ1v) is 9.78. The number of hydrogen-bond donors (Lipinski definition) is 3. The monoisotopic (exact) mass is 399 g/mol. The van der Waals surface area contributed by atoms with E-state index in [1.165, 1.54) is 13.0 Å². The van der Waals surface area contributed by atoms with Crippen LogP contribution in [0.5, 0.6) is 0 Å². The van der Waals surface area contributed by atoms with E-state index in [4.69, 9.17) is 4.74 Å². The molecular weight excluding hydrogens is 374 g/mol. The summed E-state index contributed by atoms with van der Waals surface area (Å²) in [4.78, 5) is 35.1. The van der Waals surface area contributed by atoms with Gasteiger partial charge in [0.15, 0.2) is 6.10 Å². The van der Waals surface area contributed by atoms with E-state index in [1.54, 1.807) is 39.8 Å². The van der Waals surface area contributed by atoms with Crippen molar-refractivity contribution in [3.63, 3.8) is 0 Å². The summed E-state index contributed by atoms with van der Waals surface area (Å²) in [5.74, 6) is -1.77. The first kappa shape index (κ1) is 22.6. The molecule has 1 aromatic rings. The Bertz CT molecular complexity index is 820. The van der Waals surface area contributed by atoms with Gasteiger partial charge in [-0.25, -0.2) is 13.2 Å². The Morgan fingerprint density at radius 3 is 2.33 bits per heavy atom. The first-order valence-electron chi connectivity index (χ1n) is 8.30. The van der Waals surface area contributed by atoms with E-state index in [-0.39, 0.29) is 10.9 Å². The number of urea groups is 1. The number of carbonyl (C=O) groups excluding carboxylic acids is 3. The van der Waals surface area contributed by atoms with Crippen LogP contribution in [0.25, 0.3) is 0 Å². The maximum atomic E-state index is 12.3. The zero-order valence-corrected chi connectivity index (χ0v) is 16.8. The largest absolute Gasteiger partial charge is 0.452 e. The van der Waals surface area contributed by atoms with Gasteiger partial charge in [0.2, 0.25) is 10.0 Å². The second-order valence-corrected chi connectivity index (χ2v) is 8.08. The Hall–Kier alpha value is -2.46. The molecule has 0 aliphatic heterocycles. The first-order chi connectivity index (χ1) is 12.4. The Morgan fingerprint density at radius 2 is 1.74 bits per heavy atom. The minimum atomic E-state index is -3.91. The smallest absolute Gasteiger partial charge is 0.321 e. The molecule has 9 nitrogen and oxygen atoms in total. The maximum Gasteiger partial charge on any atom is 0.321 e. The molecule has 3 N–H and O–H groups in total. The number of ether oxygens (including phenoxy) is 1. The van der Waals surface area contributed by atoms with Gasteiger partial charge in [0.25, 0.3) is 5.91 Å². The third-order valence-electron chi connectivity index (χ3n) is 3.37. The second-order valence-electron chi connectivity index (χ2n) is 6.34. The molecule has 3 amide bonds. The fourth-order valence-corrected chi connectivity index (χ4v) is 3.33. The molecule has 0 unspecified atom stereocenters. The van der Waals surface area contributed by atoms with Gasteiger partial charge in [0.05, 0.1) is 4.90 Å². The molecule has 150 valence electrons. The number of aryl methyl sites for hydroxylation is 2. The van der Waals surface area contributed by atoms with Gasteiger partial charge in [0.1, 0.15) is 6.54 Å². The summed E-state index contributed by atoms with van der Waals surface area (Å²) in [5, 5.41) is 4.48. The van der Waals surface area contributed by atoms with E-state index in [9.17, 15) is 22.8 Å². The molecular formula is C17H25N3O6S. The van der Waals surface area contributed by atoms with E-state index in [0.717, 1.165) is 5.56 Å². The molecule has 0 aliphatic rings. The Morgan fingerprint density at radius 1 is 1.11 bits per heavy atom. The van der Waals surface area contributed by atoms with Crippen molar-refractivity contribution in [2.24, 2.45) is 0 Å². The van der Waals surface area contributed by atoms with E-state index < -0.39 is 40.6 Å². The van der Waals surface area contributed by atoms with Crippen LogP contribution in [0, 0.1) is 13.8 Å². The highest BCUT2D eigenvalue weighted by Crippen LogP contribution is 2.16. The SMILES string of the molecule is Cc1ccc(C)c(S(=O)(=O)NCC(=O)O[C@@H](C)C(=O)NC(=O)NC(C)C)c1. The normalized spacial score (nSPS) is 12.4. The van der Waals surface area contributed by atoms with Gasteiger partial charge in [-0.3, -0.25) is 14.9 Å². The maximum absolute atomic E-state index is 12.3. The summed E-state index contributed by atoms with van der Waals surface area (Å²) in [6, 6.07) is 4.05. The van der Waals surface area contributed by atoms with Crippen LogP contribution in [0.1, 0.15) is 31.9 Å². The van der Waals surface area contributed by atoms with Crippen molar-refractivity contribution in [2.75, 3.05) is 6.54 Å². The molecule has 0 bridgehead atoms. The van der Waals surface area contributed by atoms with Crippen LogP contribution in [0.4, 0.5) is 4.79 Å². The van der Waals surface area contributed by atoms with Gasteiger partial charge >= 0.3 is 12.0 Å².